The van der Waals surface area contributed by atoms with E-state index in [-0.39, 0.29) is 48.4 Å². The van der Waals surface area contributed by atoms with E-state index in [1.165, 1.54) is 13.3 Å². The molecule has 0 spiro atoms. The number of nitrogens with zero attached hydrogens (tertiary/aromatic N) is 1. The SMILES string of the molecule is CCC(CC)[C@H](NC(C)=O)[C@@H]1C=C(C(=O)O)C[C@H]1NC=NC(=O)OC(C)(C)CNC(=O)OC(C)(C)C. The van der Waals surface area contributed by atoms with Crippen LogP contribution in [0.1, 0.15) is 74.7 Å². The molecule has 0 radical (unpaired) electrons. The van der Waals surface area contributed by atoms with Crippen LogP contribution >= 0.6 is 0 Å². The van der Waals surface area contributed by atoms with E-state index >= 15 is 0 Å². The lowest BCUT2D eigenvalue weighted by Crippen LogP contribution is -2.49. The summed E-state index contributed by atoms with van der Waals surface area (Å²) in [6, 6.07) is -0.656. The molecule has 3 atom stereocenters. The van der Waals surface area contributed by atoms with Gasteiger partial charge in [-0.3, -0.25) is 4.79 Å². The number of hydrogen-bond acceptors (Lipinski definition) is 6. The number of alkyl carbamates (subject to hydrolysis) is 1. The fourth-order valence-electron chi connectivity index (χ4n) is 4.12. The number of carboxylic acids is 1. The molecule has 0 aromatic heterocycles. The minimum Gasteiger partial charge on any atom is -0.478 e. The van der Waals surface area contributed by atoms with Crippen molar-refractivity contribution in [1.82, 2.24) is 16.0 Å². The first-order valence-corrected chi connectivity index (χ1v) is 12.3. The molecule has 0 aliphatic heterocycles. The standard InChI is InChI=1S/C25H42N4O7/c1-9-16(10-2)20(29-15(3)30)18-11-17(21(31)32)12-19(18)27-14-28-23(34)36-25(7,8)13-26-22(33)35-24(4,5)6/h11,14,16,18-20H,9-10,12-13H2,1-8H3,(H,26,33)(H,29,30)(H,31,32)(H,27,28,34)/t18-,19-,20+/m1/s1. The highest BCUT2D eigenvalue weighted by molar-refractivity contribution is 5.88. The molecule has 0 saturated carbocycles. The van der Waals surface area contributed by atoms with Gasteiger partial charge in [0.15, 0.2) is 0 Å². The number of carboxylic acid groups (broad SMARTS) is 1. The Labute approximate surface area is 213 Å². The Hall–Kier alpha value is -3.11. The molecule has 0 unspecified atom stereocenters. The molecule has 0 fully saturated rings. The molecule has 204 valence electrons. The van der Waals surface area contributed by atoms with Gasteiger partial charge in [0, 0.05) is 36.9 Å². The second-order valence-corrected chi connectivity index (χ2v) is 10.6. The van der Waals surface area contributed by atoms with E-state index in [1.54, 1.807) is 40.7 Å². The van der Waals surface area contributed by atoms with Crippen molar-refractivity contribution in [2.75, 3.05) is 6.54 Å². The highest BCUT2D eigenvalue weighted by atomic mass is 16.6. The van der Waals surface area contributed by atoms with Gasteiger partial charge < -0.3 is 30.5 Å². The zero-order chi connectivity index (χ0) is 27.7. The molecule has 11 heteroatoms. The van der Waals surface area contributed by atoms with Gasteiger partial charge in [0.1, 0.15) is 11.2 Å². The Balaban J connectivity index is 2.83. The number of amides is 3. The van der Waals surface area contributed by atoms with Crippen LogP contribution in [-0.2, 0) is 19.1 Å². The van der Waals surface area contributed by atoms with Gasteiger partial charge in [-0.05, 0) is 40.5 Å². The Morgan fingerprint density at radius 3 is 2.25 bits per heavy atom. The minimum absolute atomic E-state index is 0.0149. The summed E-state index contributed by atoms with van der Waals surface area (Å²) in [6.07, 6.45) is 3.20. The van der Waals surface area contributed by atoms with Gasteiger partial charge in [-0.15, -0.1) is 0 Å². The fourth-order valence-corrected chi connectivity index (χ4v) is 4.12. The summed E-state index contributed by atoms with van der Waals surface area (Å²) >= 11 is 0. The van der Waals surface area contributed by atoms with Crippen LogP contribution in [0, 0.1) is 11.8 Å². The summed E-state index contributed by atoms with van der Waals surface area (Å²) in [5.41, 5.74) is -1.46. The Morgan fingerprint density at radius 1 is 1.14 bits per heavy atom. The van der Waals surface area contributed by atoms with E-state index in [2.05, 4.69) is 20.9 Å². The van der Waals surface area contributed by atoms with E-state index in [0.717, 1.165) is 12.8 Å². The average molecular weight is 511 g/mol. The molecule has 0 bridgehead atoms. The summed E-state index contributed by atoms with van der Waals surface area (Å²) in [4.78, 5) is 51.4. The van der Waals surface area contributed by atoms with Crippen molar-refractivity contribution in [2.24, 2.45) is 16.8 Å². The lowest BCUT2D eigenvalue weighted by Gasteiger charge is -2.34. The number of hydrogen-bond donors (Lipinski definition) is 4. The molecular weight excluding hydrogens is 468 g/mol. The van der Waals surface area contributed by atoms with Crippen LogP contribution in [0.15, 0.2) is 16.6 Å². The van der Waals surface area contributed by atoms with Crippen molar-refractivity contribution in [2.45, 2.75) is 97.9 Å². The van der Waals surface area contributed by atoms with Gasteiger partial charge in [0.25, 0.3) is 0 Å². The molecule has 0 aromatic carbocycles. The summed E-state index contributed by atoms with van der Waals surface area (Å²) in [6.45, 7) is 14.0. The van der Waals surface area contributed by atoms with Crippen molar-refractivity contribution < 1.29 is 33.8 Å². The maximum atomic E-state index is 12.3. The van der Waals surface area contributed by atoms with Crippen LogP contribution in [-0.4, -0.2) is 65.3 Å². The van der Waals surface area contributed by atoms with Crippen LogP contribution in [0.4, 0.5) is 9.59 Å². The van der Waals surface area contributed by atoms with Gasteiger partial charge in [0.2, 0.25) is 5.91 Å². The van der Waals surface area contributed by atoms with Crippen molar-refractivity contribution in [1.29, 1.82) is 0 Å². The third-order valence-electron chi connectivity index (χ3n) is 5.79. The van der Waals surface area contributed by atoms with Crippen molar-refractivity contribution in [3.63, 3.8) is 0 Å². The predicted molar refractivity (Wildman–Crippen MR) is 136 cm³/mol. The average Bonchev–Trinajstić information content (AvgIpc) is 3.15. The number of aliphatic carboxylic acids is 1. The maximum absolute atomic E-state index is 12.3. The number of nitrogens with one attached hydrogen (secondary N) is 3. The topological polar surface area (TPSA) is 155 Å². The van der Waals surface area contributed by atoms with E-state index < -0.39 is 29.4 Å². The normalized spacial score (nSPS) is 19.0. The molecule has 11 nitrogen and oxygen atoms in total. The first kappa shape index (κ1) is 30.9. The molecule has 1 aliphatic rings. The van der Waals surface area contributed by atoms with Crippen molar-refractivity contribution >= 4 is 30.4 Å². The fraction of sp³-hybridized carbons (Fsp3) is 0.720. The summed E-state index contributed by atoms with van der Waals surface area (Å²) in [7, 11) is 0. The zero-order valence-electron chi connectivity index (χ0n) is 22.6. The number of carbonyl (C=O) groups excluding carboxylic acids is 3. The zero-order valence-corrected chi connectivity index (χ0v) is 22.6. The molecule has 0 heterocycles. The van der Waals surface area contributed by atoms with Gasteiger partial charge in [-0.1, -0.05) is 32.8 Å². The smallest absolute Gasteiger partial charge is 0.435 e. The van der Waals surface area contributed by atoms with Crippen molar-refractivity contribution in [3.8, 4) is 0 Å². The number of rotatable bonds is 11. The highest BCUT2D eigenvalue weighted by Gasteiger charge is 2.38. The maximum Gasteiger partial charge on any atom is 0.435 e. The van der Waals surface area contributed by atoms with Gasteiger partial charge >= 0.3 is 18.2 Å². The Kier molecular flexibility index (Phi) is 11.4. The number of aliphatic imine (C=N–C) groups is 1. The van der Waals surface area contributed by atoms with Gasteiger partial charge in [-0.25, -0.2) is 14.4 Å². The summed E-state index contributed by atoms with van der Waals surface area (Å²) in [5.74, 6) is -1.37. The second kappa shape index (κ2) is 13.3. The third kappa shape index (κ3) is 10.7. The van der Waals surface area contributed by atoms with Gasteiger partial charge in [0.05, 0.1) is 12.9 Å². The molecule has 0 aromatic rings. The summed E-state index contributed by atoms with van der Waals surface area (Å²) < 4.78 is 10.5. The molecule has 4 N–H and O–H groups in total. The van der Waals surface area contributed by atoms with Gasteiger partial charge in [-0.2, -0.15) is 4.99 Å². The molecule has 0 saturated heterocycles. The van der Waals surface area contributed by atoms with Crippen LogP contribution in [0.25, 0.3) is 0 Å². The quantitative estimate of drug-likeness (QED) is 0.243. The van der Waals surface area contributed by atoms with E-state index in [4.69, 9.17) is 9.47 Å². The van der Waals surface area contributed by atoms with Crippen LogP contribution in [0.5, 0.6) is 0 Å². The molecule has 3 amide bonds. The largest absolute Gasteiger partial charge is 0.478 e. The van der Waals surface area contributed by atoms with Crippen LogP contribution < -0.4 is 16.0 Å². The van der Waals surface area contributed by atoms with Crippen molar-refractivity contribution in [3.05, 3.63) is 11.6 Å². The first-order chi connectivity index (χ1) is 16.6. The minimum atomic E-state index is -1.05. The number of ether oxygens (including phenoxy) is 2. The van der Waals surface area contributed by atoms with Crippen LogP contribution in [0.2, 0.25) is 0 Å². The highest BCUT2D eigenvalue weighted by Crippen LogP contribution is 2.32. The molecule has 1 aliphatic carbocycles. The molecule has 1 rings (SSSR count). The lowest BCUT2D eigenvalue weighted by molar-refractivity contribution is -0.132. The van der Waals surface area contributed by atoms with E-state index in [9.17, 15) is 24.3 Å². The first-order valence-electron chi connectivity index (χ1n) is 12.3. The monoisotopic (exact) mass is 510 g/mol. The molecular formula is C25H42N4O7. The van der Waals surface area contributed by atoms with Crippen LogP contribution in [0.3, 0.4) is 0 Å². The third-order valence-corrected chi connectivity index (χ3v) is 5.79. The second-order valence-electron chi connectivity index (χ2n) is 10.6. The van der Waals surface area contributed by atoms with E-state index in [1.807, 2.05) is 13.8 Å². The molecule has 36 heavy (non-hydrogen) atoms. The Bertz CT molecular complexity index is 857. The van der Waals surface area contributed by atoms with E-state index in [0.29, 0.717) is 0 Å². The number of carbonyl (C=O) groups is 4. The Morgan fingerprint density at radius 2 is 1.75 bits per heavy atom. The predicted octanol–water partition coefficient (Wildman–Crippen LogP) is 3.38. The lowest BCUT2D eigenvalue weighted by atomic mass is 9.82. The summed E-state index contributed by atoms with van der Waals surface area (Å²) in [5, 5.41) is 18.1.